The highest BCUT2D eigenvalue weighted by Crippen LogP contribution is 2.22. The van der Waals surface area contributed by atoms with Crippen molar-refractivity contribution < 1.29 is 14.3 Å². The summed E-state index contributed by atoms with van der Waals surface area (Å²) in [6, 6.07) is 24.1. The van der Waals surface area contributed by atoms with Gasteiger partial charge >= 0.3 is 0 Å². The minimum absolute atomic E-state index is 0.0181. The van der Waals surface area contributed by atoms with E-state index in [0.717, 1.165) is 43.1 Å². The molecule has 2 amide bonds. The average Bonchev–Trinajstić information content (AvgIpc) is 3.34. The van der Waals surface area contributed by atoms with Gasteiger partial charge in [-0.25, -0.2) is 0 Å². The fourth-order valence-electron chi connectivity index (χ4n) is 3.49. The standard InChI is InChI=1S/C25H25N3O3/c29-24(27-21-8-6-7-19(17-21)25(30)28-15-4-5-16-28)18-26-20-11-13-23(14-12-20)31-22-9-2-1-3-10-22/h1-3,6-14,17,26H,4-5,15-16,18H2,(H,27,29). The Bertz CT molecular complexity index is 1030. The number of amides is 2. The van der Waals surface area contributed by atoms with Crippen LogP contribution in [0.3, 0.4) is 0 Å². The van der Waals surface area contributed by atoms with Crippen molar-refractivity contribution in [1.82, 2.24) is 4.90 Å². The lowest BCUT2D eigenvalue weighted by molar-refractivity contribution is -0.114. The minimum Gasteiger partial charge on any atom is -0.457 e. The predicted octanol–water partition coefficient (Wildman–Crippen LogP) is 4.77. The summed E-state index contributed by atoms with van der Waals surface area (Å²) in [5, 5.41) is 5.94. The fourth-order valence-corrected chi connectivity index (χ4v) is 3.49. The number of hydrogen-bond donors (Lipinski definition) is 2. The van der Waals surface area contributed by atoms with Gasteiger partial charge in [-0.1, -0.05) is 24.3 Å². The van der Waals surface area contributed by atoms with Gasteiger partial charge in [0.2, 0.25) is 5.91 Å². The van der Waals surface area contributed by atoms with Gasteiger partial charge in [0.1, 0.15) is 11.5 Å². The molecule has 0 spiro atoms. The van der Waals surface area contributed by atoms with Gasteiger partial charge in [-0.15, -0.1) is 0 Å². The quantitative estimate of drug-likeness (QED) is 0.583. The Morgan fingerprint density at radius 1 is 0.806 bits per heavy atom. The Hall–Kier alpha value is -3.80. The van der Waals surface area contributed by atoms with Gasteiger partial charge in [0.15, 0.2) is 0 Å². The number of hydrogen-bond acceptors (Lipinski definition) is 4. The molecule has 0 aromatic heterocycles. The molecule has 4 rings (SSSR count). The zero-order valence-electron chi connectivity index (χ0n) is 17.2. The van der Waals surface area contributed by atoms with Crippen molar-refractivity contribution in [1.29, 1.82) is 0 Å². The van der Waals surface area contributed by atoms with Gasteiger partial charge in [-0.2, -0.15) is 0 Å². The smallest absolute Gasteiger partial charge is 0.253 e. The van der Waals surface area contributed by atoms with Crippen LogP contribution in [0.2, 0.25) is 0 Å². The van der Waals surface area contributed by atoms with Crippen LogP contribution in [0.1, 0.15) is 23.2 Å². The number of rotatable bonds is 7. The van der Waals surface area contributed by atoms with Crippen molar-refractivity contribution in [3.8, 4) is 11.5 Å². The summed E-state index contributed by atoms with van der Waals surface area (Å²) in [6.07, 6.45) is 2.10. The number of nitrogens with one attached hydrogen (secondary N) is 2. The topological polar surface area (TPSA) is 70.7 Å². The largest absolute Gasteiger partial charge is 0.457 e. The van der Waals surface area contributed by atoms with Crippen molar-refractivity contribution in [2.45, 2.75) is 12.8 Å². The molecule has 0 saturated carbocycles. The molecule has 158 valence electrons. The third-order valence-corrected chi connectivity index (χ3v) is 5.07. The van der Waals surface area contributed by atoms with Crippen LogP contribution >= 0.6 is 0 Å². The lowest BCUT2D eigenvalue weighted by atomic mass is 10.1. The van der Waals surface area contributed by atoms with Gasteiger partial charge in [0.05, 0.1) is 6.54 Å². The van der Waals surface area contributed by atoms with Crippen LogP contribution in [-0.2, 0) is 4.79 Å². The minimum atomic E-state index is -0.185. The van der Waals surface area contributed by atoms with Crippen LogP contribution in [0, 0.1) is 0 Å². The molecule has 0 bridgehead atoms. The van der Waals surface area contributed by atoms with Crippen molar-refractivity contribution in [3.05, 3.63) is 84.4 Å². The first-order valence-electron chi connectivity index (χ1n) is 10.4. The summed E-state index contributed by atoms with van der Waals surface area (Å²) in [7, 11) is 0. The third kappa shape index (κ3) is 5.63. The van der Waals surface area contributed by atoms with Gasteiger partial charge in [0.25, 0.3) is 5.91 Å². The zero-order chi connectivity index (χ0) is 21.5. The van der Waals surface area contributed by atoms with E-state index in [-0.39, 0.29) is 18.4 Å². The molecule has 31 heavy (non-hydrogen) atoms. The summed E-state index contributed by atoms with van der Waals surface area (Å²) in [5.74, 6) is 1.33. The van der Waals surface area contributed by atoms with Gasteiger partial charge in [-0.05, 0) is 67.4 Å². The van der Waals surface area contributed by atoms with E-state index in [1.54, 1.807) is 24.3 Å². The van der Waals surface area contributed by atoms with E-state index < -0.39 is 0 Å². The summed E-state index contributed by atoms with van der Waals surface area (Å²) in [6.45, 7) is 1.71. The number of likely N-dealkylation sites (tertiary alicyclic amines) is 1. The van der Waals surface area contributed by atoms with Gasteiger partial charge < -0.3 is 20.3 Å². The van der Waals surface area contributed by atoms with Crippen LogP contribution in [-0.4, -0.2) is 36.3 Å². The van der Waals surface area contributed by atoms with Crippen LogP contribution in [0.25, 0.3) is 0 Å². The second kappa shape index (κ2) is 9.80. The lowest BCUT2D eigenvalue weighted by Crippen LogP contribution is -2.27. The summed E-state index contributed by atoms with van der Waals surface area (Å²) >= 11 is 0. The number of benzene rings is 3. The first kappa shape index (κ1) is 20.5. The number of nitrogens with zero attached hydrogens (tertiary/aromatic N) is 1. The molecular weight excluding hydrogens is 390 g/mol. The summed E-state index contributed by atoms with van der Waals surface area (Å²) in [5.41, 5.74) is 2.03. The Morgan fingerprint density at radius 3 is 2.26 bits per heavy atom. The van der Waals surface area contributed by atoms with Gasteiger partial charge in [0, 0.05) is 30.0 Å². The molecule has 3 aromatic rings. The third-order valence-electron chi connectivity index (χ3n) is 5.07. The molecule has 6 heteroatoms. The molecule has 0 radical (unpaired) electrons. The summed E-state index contributed by atoms with van der Waals surface area (Å²) < 4.78 is 5.77. The molecule has 2 N–H and O–H groups in total. The lowest BCUT2D eigenvalue weighted by Gasteiger charge is -2.16. The fraction of sp³-hybridized carbons (Fsp3) is 0.200. The molecule has 1 aliphatic heterocycles. The highest BCUT2D eigenvalue weighted by molar-refractivity contribution is 5.98. The molecule has 1 aliphatic rings. The number of carbonyl (C=O) groups is 2. The van der Waals surface area contributed by atoms with E-state index >= 15 is 0 Å². The van der Waals surface area contributed by atoms with E-state index in [1.165, 1.54) is 0 Å². The monoisotopic (exact) mass is 415 g/mol. The van der Waals surface area contributed by atoms with Crippen LogP contribution in [0.15, 0.2) is 78.9 Å². The van der Waals surface area contributed by atoms with E-state index in [0.29, 0.717) is 11.3 Å². The molecule has 6 nitrogen and oxygen atoms in total. The van der Waals surface area contributed by atoms with E-state index in [2.05, 4.69) is 10.6 Å². The first-order valence-corrected chi connectivity index (χ1v) is 10.4. The Labute approximate surface area is 181 Å². The molecule has 1 fully saturated rings. The van der Waals surface area contributed by atoms with E-state index in [9.17, 15) is 9.59 Å². The molecular formula is C25H25N3O3. The van der Waals surface area contributed by atoms with Crippen LogP contribution < -0.4 is 15.4 Å². The van der Waals surface area contributed by atoms with Crippen LogP contribution in [0.4, 0.5) is 11.4 Å². The molecule has 0 unspecified atom stereocenters. The number of ether oxygens (including phenoxy) is 1. The maximum atomic E-state index is 12.5. The van der Waals surface area contributed by atoms with Crippen molar-refractivity contribution in [2.75, 3.05) is 30.3 Å². The second-order valence-electron chi connectivity index (χ2n) is 7.42. The number of carbonyl (C=O) groups excluding carboxylic acids is 2. The van der Waals surface area contributed by atoms with Gasteiger partial charge in [-0.3, -0.25) is 9.59 Å². The zero-order valence-corrected chi connectivity index (χ0v) is 17.2. The SMILES string of the molecule is O=C(CNc1ccc(Oc2ccccc2)cc1)Nc1cccc(C(=O)N2CCCC2)c1. The molecule has 3 aromatic carbocycles. The molecule has 1 heterocycles. The van der Waals surface area contributed by atoms with E-state index in [1.807, 2.05) is 59.5 Å². The van der Waals surface area contributed by atoms with Crippen molar-refractivity contribution >= 4 is 23.2 Å². The summed E-state index contributed by atoms with van der Waals surface area (Å²) in [4.78, 5) is 26.7. The molecule has 1 saturated heterocycles. The predicted molar refractivity (Wildman–Crippen MR) is 122 cm³/mol. The van der Waals surface area contributed by atoms with Crippen LogP contribution in [0.5, 0.6) is 11.5 Å². The molecule has 0 atom stereocenters. The highest BCUT2D eigenvalue weighted by Gasteiger charge is 2.19. The number of para-hydroxylation sites is 1. The second-order valence-corrected chi connectivity index (χ2v) is 7.42. The normalized spacial score (nSPS) is 13.0. The highest BCUT2D eigenvalue weighted by atomic mass is 16.5. The average molecular weight is 415 g/mol. The van der Waals surface area contributed by atoms with Crippen molar-refractivity contribution in [2.24, 2.45) is 0 Å². The first-order chi connectivity index (χ1) is 15.2. The van der Waals surface area contributed by atoms with Crippen molar-refractivity contribution in [3.63, 3.8) is 0 Å². The van der Waals surface area contributed by atoms with E-state index in [4.69, 9.17) is 4.74 Å². The maximum Gasteiger partial charge on any atom is 0.253 e. The molecule has 0 aliphatic carbocycles. The maximum absolute atomic E-state index is 12.5. The number of anilines is 2. The Kier molecular flexibility index (Phi) is 6.47. The Balaban J connectivity index is 1.28. The Morgan fingerprint density at radius 2 is 1.52 bits per heavy atom.